The highest BCUT2D eigenvalue weighted by molar-refractivity contribution is 7.88. The normalized spacial score (nSPS) is 25.6. The van der Waals surface area contributed by atoms with Crippen molar-refractivity contribution in [1.29, 1.82) is 0 Å². The smallest absolute Gasteiger partial charge is 0.211 e. The molecule has 0 spiro atoms. The first-order valence-corrected chi connectivity index (χ1v) is 10.3. The van der Waals surface area contributed by atoms with E-state index < -0.39 is 10.0 Å². The van der Waals surface area contributed by atoms with E-state index in [1.165, 1.54) is 18.4 Å². The summed E-state index contributed by atoms with van der Waals surface area (Å²) in [7, 11) is -3.11. The molecule has 1 aromatic rings. The van der Waals surface area contributed by atoms with E-state index in [4.69, 9.17) is 4.74 Å². The van der Waals surface area contributed by atoms with Gasteiger partial charge in [-0.2, -0.15) is 0 Å². The van der Waals surface area contributed by atoms with Gasteiger partial charge in [0.1, 0.15) is 11.6 Å². The second-order valence-electron chi connectivity index (χ2n) is 6.83. The fourth-order valence-corrected chi connectivity index (χ4v) is 4.59. The van der Waals surface area contributed by atoms with Gasteiger partial charge in [0.25, 0.3) is 0 Å². The molecule has 2 atom stereocenters. The molecule has 5 nitrogen and oxygen atoms in total. The first-order valence-electron chi connectivity index (χ1n) is 8.49. The van der Waals surface area contributed by atoms with Crippen LogP contribution in [0, 0.1) is 11.7 Å². The summed E-state index contributed by atoms with van der Waals surface area (Å²) in [5.41, 5.74) is 0. The predicted octanol–water partition coefficient (Wildman–Crippen LogP) is 1.95. The van der Waals surface area contributed by atoms with E-state index in [0.717, 1.165) is 32.4 Å². The first-order chi connectivity index (χ1) is 11.4. The van der Waals surface area contributed by atoms with Gasteiger partial charge in [0.15, 0.2) is 0 Å². The maximum absolute atomic E-state index is 12.8. The molecular weight excluding hydrogens is 331 g/mol. The van der Waals surface area contributed by atoms with Crippen LogP contribution in [0.5, 0.6) is 5.75 Å². The first kappa shape index (κ1) is 17.6. The van der Waals surface area contributed by atoms with Crippen LogP contribution in [0.1, 0.15) is 19.3 Å². The van der Waals surface area contributed by atoms with Crippen LogP contribution in [-0.4, -0.2) is 62.7 Å². The van der Waals surface area contributed by atoms with Crippen LogP contribution >= 0.6 is 0 Å². The molecule has 7 heteroatoms. The quantitative estimate of drug-likeness (QED) is 0.731. The standard InChI is InChI=1S/C17H25FN2O3S/c1-24(21,22)20-12-14-3-6-16(13-20)19(11-14)9-2-10-23-17-7-4-15(18)5-8-17/h4-5,7-8,14,16H,2-3,6,9-13H2,1H3/t14-,16-/m0/s1. The molecule has 0 radical (unpaired) electrons. The molecule has 0 aliphatic carbocycles. The molecule has 0 amide bonds. The second-order valence-corrected chi connectivity index (χ2v) is 8.81. The number of rotatable bonds is 6. The minimum absolute atomic E-state index is 0.265. The molecular formula is C17H25FN2O3S. The largest absolute Gasteiger partial charge is 0.494 e. The summed E-state index contributed by atoms with van der Waals surface area (Å²) in [6.45, 7) is 3.70. The van der Waals surface area contributed by atoms with Gasteiger partial charge in [0, 0.05) is 32.2 Å². The fraction of sp³-hybridized carbons (Fsp3) is 0.647. The summed E-state index contributed by atoms with van der Waals surface area (Å²) < 4.78 is 43.9. The van der Waals surface area contributed by atoms with Gasteiger partial charge in [0.05, 0.1) is 12.9 Å². The lowest BCUT2D eigenvalue weighted by molar-refractivity contribution is 0.124. The van der Waals surface area contributed by atoms with Crippen molar-refractivity contribution in [2.24, 2.45) is 5.92 Å². The average Bonchev–Trinajstić information content (AvgIpc) is 2.85. The molecule has 24 heavy (non-hydrogen) atoms. The summed E-state index contributed by atoms with van der Waals surface area (Å²) in [6, 6.07) is 6.36. The molecule has 1 aromatic carbocycles. The number of hydrogen-bond donors (Lipinski definition) is 0. The van der Waals surface area contributed by atoms with Gasteiger partial charge in [-0.3, -0.25) is 4.90 Å². The van der Waals surface area contributed by atoms with Crippen LogP contribution in [0.4, 0.5) is 4.39 Å². The summed E-state index contributed by atoms with van der Waals surface area (Å²) in [4.78, 5) is 2.41. The fourth-order valence-electron chi connectivity index (χ4n) is 3.67. The molecule has 3 fully saturated rings. The Morgan fingerprint density at radius 3 is 2.62 bits per heavy atom. The van der Waals surface area contributed by atoms with E-state index in [1.807, 2.05) is 0 Å². The van der Waals surface area contributed by atoms with Gasteiger partial charge in [-0.15, -0.1) is 0 Å². The molecule has 0 N–H and O–H groups in total. The van der Waals surface area contributed by atoms with Crippen LogP contribution in [-0.2, 0) is 10.0 Å². The maximum Gasteiger partial charge on any atom is 0.211 e. The summed E-state index contributed by atoms with van der Waals surface area (Å²) in [5.74, 6) is 0.840. The second kappa shape index (κ2) is 7.37. The van der Waals surface area contributed by atoms with E-state index in [2.05, 4.69) is 4.90 Å². The Kier molecular flexibility index (Phi) is 5.42. The number of sulfonamides is 1. The molecule has 3 saturated heterocycles. The van der Waals surface area contributed by atoms with Gasteiger partial charge < -0.3 is 4.74 Å². The average molecular weight is 356 g/mol. The minimum Gasteiger partial charge on any atom is -0.494 e. The van der Waals surface area contributed by atoms with Crippen molar-refractivity contribution in [3.05, 3.63) is 30.1 Å². The molecule has 3 aliphatic rings. The van der Waals surface area contributed by atoms with Crippen molar-refractivity contribution < 1.29 is 17.5 Å². The highest BCUT2D eigenvalue weighted by atomic mass is 32.2. The number of piperidine rings is 1. The predicted molar refractivity (Wildman–Crippen MR) is 91.0 cm³/mol. The number of halogens is 1. The third-order valence-electron chi connectivity index (χ3n) is 4.93. The number of hydrogen-bond acceptors (Lipinski definition) is 4. The zero-order chi connectivity index (χ0) is 17.2. The molecule has 0 unspecified atom stereocenters. The topological polar surface area (TPSA) is 49.9 Å². The van der Waals surface area contributed by atoms with Crippen molar-refractivity contribution in [3.63, 3.8) is 0 Å². The molecule has 0 aromatic heterocycles. The van der Waals surface area contributed by atoms with Crippen LogP contribution < -0.4 is 4.74 Å². The Balaban J connectivity index is 1.48. The van der Waals surface area contributed by atoms with Gasteiger partial charge in [-0.25, -0.2) is 17.1 Å². The van der Waals surface area contributed by atoms with Gasteiger partial charge >= 0.3 is 0 Å². The number of nitrogens with zero attached hydrogens (tertiary/aromatic N) is 2. The van der Waals surface area contributed by atoms with Gasteiger partial charge in [-0.05, 0) is 49.4 Å². The highest BCUT2D eigenvalue weighted by Crippen LogP contribution is 2.29. The molecule has 134 valence electrons. The van der Waals surface area contributed by atoms with E-state index in [0.29, 0.717) is 37.4 Å². The summed E-state index contributed by atoms with van der Waals surface area (Å²) >= 11 is 0. The molecule has 3 aliphatic heterocycles. The van der Waals surface area contributed by atoms with Crippen molar-refractivity contribution in [2.75, 3.05) is 39.0 Å². The molecule has 0 saturated carbocycles. The van der Waals surface area contributed by atoms with Gasteiger partial charge in [0.2, 0.25) is 10.0 Å². The molecule has 2 bridgehead atoms. The lowest BCUT2D eigenvalue weighted by atomic mass is 9.95. The van der Waals surface area contributed by atoms with Crippen molar-refractivity contribution in [3.8, 4) is 5.75 Å². The van der Waals surface area contributed by atoms with Crippen LogP contribution in [0.2, 0.25) is 0 Å². The third kappa shape index (κ3) is 4.46. The SMILES string of the molecule is CS(=O)(=O)N1C[C@H]2CC[C@@H](C1)N(CCCOc1ccc(F)cc1)C2. The summed E-state index contributed by atoms with van der Waals surface area (Å²) in [6.07, 6.45) is 4.35. The zero-order valence-corrected chi connectivity index (χ0v) is 14.8. The van der Waals surface area contributed by atoms with Crippen molar-refractivity contribution in [2.45, 2.75) is 25.3 Å². The van der Waals surface area contributed by atoms with Crippen LogP contribution in [0.3, 0.4) is 0 Å². The Labute approximate surface area is 143 Å². The van der Waals surface area contributed by atoms with E-state index in [9.17, 15) is 12.8 Å². The van der Waals surface area contributed by atoms with E-state index >= 15 is 0 Å². The van der Waals surface area contributed by atoms with Crippen molar-refractivity contribution in [1.82, 2.24) is 9.21 Å². The Hall–Kier alpha value is -1.18. The minimum atomic E-state index is -3.11. The molecule has 3 heterocycles. The van der Waals surface area contributed by atoms with E-state index in [-0.39, 0.29) is 5.82 Å². The highest BCUT2D eigenvalue weighted by Gasteiger charge is 2.37. The Bertz CT molecular complexity index is 650. The Morgan fingerprint density at radius 1 is 1.17 bits per heavy atom. The maximum atomic E-state index is 12.8. The third-order valence-corrected chi connectivity index (χ3v) is 6.17. The van der Waals surface area contributed by atoms with Gasteiger partial charge in [-0.1, -0.05) is 0 Å². The van der Waals surface area contributed by atoms with E-state index in [1.54, 1.807) is 16.4 Å². The van der Waals surface area contributed by atoms with Crippen LogP contribution in [0.15, 0.2) is 24.3 Å². The number of fused-ring (bicyclic) bond motifs is 4. The van der Waals surface area contributed by atoms with Crippen LogP contribution in [0.25, 0.3) is 0 Å². The monoisotopic (exact) mass is 356 g/mol. The lowest BCUT2D eigenvalue weighted by Gasteiger charge is -2.36. The summed E-state index contributed by atoms with van der Waals surface area (Å²) in [5, 5.41) is 0. The zero-order valence-electron chi connectivity index (χ0n) is 14.0. The molecule has 4 rings (SSSR count). The number of benzene rings is 1. The Morgan fingerprint density at radius 2 is 1.92 bits per heavy atom. The number of ether oxygens (including phenoxy) is 1. The van der Waals surface area contributed by atoms with Crippen molar-refractivity contribution >= 4 is 10.0 Å². The lowest BCUT2D eigenvalue weighted by Crippen LogP contribution is -2.45.